The van der Waals surface area contributed by atoms with Crippen molar-refractivity contribution in [3.8, 4) is 0 Å². The van der Waals surface area contributed by atoms with E-state index in [2.05, 4.69) is 28.9 Å². The zero-order chi connectivity index (χ0) is 10.6. The Hall–Kier alpha value is -0.830. The van der Waals surface area contributed by atoms with Crippen LogP contribution in [0.5, 0.6) is 0 Å². The second kappa shape index (κ2) is 5.15. The number of aromatic nitrogens is 2. The highest BCUT2D eigenvalue weighted by atomic mass is 35.5. The fraction of sp³-hybridized carbons (Fsp3) is 0.600. The molecule has 1 atom stereocenters. The monoisotopic (exact) mass is 213 g/mol. The molecule has 0 aliphatic carbocycles. The Balaban J connectivity index is 2.75. The van der Waals surface area contributed by atoms with Gasteiger partial charge in [0.15, 0.2) is 5.82 Å². The predicted octanol–water partition coefficient (Wildman–Crippen LogP) is 2.45. The number of alkyl halides is 1. The molecular weight excluding hydrogens is 198 g/mol. The van der Waals surface area contributed by atoms with E-state index in [1.807, 2.05) is 19.2 Å². The van der Waals surface area contributed by atoms with Gasteiger partial charge in [-0.25, -0.2) is 0 Å². The van der Waals surface area contributed by atoms with Crippen LogP contribution in [-0.2, 0) is 5.88 Å². The fourth-order valence-electron chi connectivity index (χ4n) is 1.11. The highest BCUT2D eigenvalue weighted by molar-refractivity contribution is 6.16. The second-order valence-corrected chi connectivity index (χ2v) is 3.65. The van der Waals surface area contributed by atoms with E-state index in [9.17, 15) is 0 Å². The zero-order valence-corrected chi connectivity index (χ0v) is 9.62. The van der Waals surface area contributed by atoms with Crippen molar-refractivity contribution in [2.45, 2.75) is 32.2 Å². The summed E-state index contributed by atoms with van der Waals surface area (Å²) >= 11 is 5.63. The Morgan fingerprint density at radius 1 is 1.43 bits per heavy atom. The van der Waals surface area contributed by atoms with E-state index in [0.29, 0.717) is 11.9 Å². The Labute approximate surface area is 90.1 Å². The third kappa shape index (κ3) is 2.58. The van der Waals surface area contributed by atoms with E-state index >= 15 is 0 Å². The minimum absolute atomic E-state index is 0.417. The molecule has 1 unspecified atom stereocenters. The van der Waals surface area contributed by atoms with Gasteiger partial charge in [-0.2, -0.15) is 5.10 Å². The Morgan fingerprint density at radius 2 is 2.14 bits per heavy atom. The normalized spacial score (nSPS) is 12.6. The molecule has 0 aromatic carbocycles. The molecule has 1 aromatic heterocycles. The van der Waals surface area contributed by atoms with Gasteiger partial charge in [-0.3, -0.25) is 0 Å². The lowest BCUT2D eigenvalue weighted by atomic mass is 10.2. The third-order valence-corrected chi connectivity index (χ3v) is 2.73. The summed E-state index contributed by atoms with van der Waals surface area (Å²) in [5.41, 5.74) is 0.813. The average Bonchev–Trinajstić information content (AvgIpc) is 2.27. The van der Waals surface area contributed by atoms with Crippen LogP contribution in [0.2, 0.25) is 0 Å². The number of hydrogen-bond acceptors (Lipinski definition) is 3. The summed E-state index contributed by atoms with van der Waals surface area (Å²) in [5, 5.41) is 8.12. The summed E-state index contributed by atoms with van der Waals surface area (Å²) in [5.74, 6) is 1.31. The summed E-state index contributed by atoms with van der Waals surface area (Å²) in [6.07, 6.45) is 1.09. The lowest BCUT2D eigenvalue weighted by molar-refractivity contribution is 0.651. The van der Waals surface area contributed by atoms with Gasteiger partial charge in [0.05, 0.1) is 11.6 Å². The first-order chi connectivity index (χ1) is 6.69. The van der Waals surface area contributed by atoms with Gasteiger partial charge in [-0.15, -0.1) is 16.7 Å². The molecule has 0 bridgehead atoms. The first-order valence-corrected chi connectivity index (χ1v) is 5.33. The Kier molecular flexibility index (Phi) is 4.14. The number of rotatable bonds is 4. The SMILES string of the molecule is CCC(C)N(C)c1ccc(CCl)nn1. The maximum Gasteiger partial charge on any atom is 0.151 e. The zero-order valence-electron chi connectivity index (χ0n) is 8.87. The molecule has 0 saturated carbocycles. The molecule has 3 nitrogen and oxygen atoms in total. The van der Waals surface area contributed by atoms with Crippen molar-refractivity contribution in [2.75, 3.05) is 11.9 Å². The minimum Gasteiger partial charge on any atom is -0.356 e. The van der Waals surface area contributed by atoms with Crippen molar-refractivity contribution in [2.24, 2.45) is 0 Å². The van der Waals surface area contributed by atoms with E-state index in [-0.39, 0.29) is 0 Å². The van der Waals surface area contributed by atoms with E-state index in [1.165, 1.54) is 0 Å². The van der Waals surface area contributed by atoms with Gasteiger partial charge in [0.1, 0.15) is 0 Å². The van der Waals surface area contributed by atoms with Crippen molar-refractivity contribution >= 4 is 17.4 Å². The van der Waals surface area contributed by atoms with Crippen molar-refractivity contribution in [3.05, 3.63) is 17.8 Å². The van der Waals surface area contributed by atoms with Crippen LogP contribution in [0.1, 0.15) is 26.0 Å². The van der Waals surface area contributed by atoms with E-state index < -0.39 is 0 Å². The van der Waals surface area contributed by atoms with Crippen molar-refractivity contribution in [3.63, 3.8) is 0 Å². The number of halogens is 1. The highest BCUT2D eigenvalue weighted by Gasteiger charge is 2.09. The van der Waals surface area contributed by atoms with Gasteiger partial charge in [0.25, 0.3) is 0 Å². The summed E-state index contributed by atoms with van der Waals surface area (Å²) in [6.45, 7) is 4.32. The van der Waals surface area contributed by atoms with Gasteiger partial charge in [-0.1, -0.05) is 6.92 Å². The van der Waals surface area contributed by atoms with Gasteiger partial charge < -0.3 is 4.90 Å². The van der Waals surface area contributed by atoms with Crippen LogP contribution >= 0.6 is 11.6 Å². The van der Waals surface area contributed by atoms with Crippen LogP contribution in [0.15, 0.2) is 12.1 Å². The fourth-order valence-corrected chi connectivity index (χ4v) is 1.25. The predicted molar refractivity (Wildman–Crippen MR) is 59.7 cm³/mol. The molecule has 0 aliphatic rings. The van der Waals surface area contributed by atoms with E-state index in [0.717, 1.165) is 17.9 Å². The van der Waals surface area contributed by atoms with Crippen molar-refractivity contribution < 1.29 is 0 Å². The highest BCUT2D eigenvalue weighted by Crippen LogP contribution is 2.12. The maximum absolute atomic E-state index is 5.63. The molecule has 1 aromatic rings. The molecular formula is C10H16ClN3. The van der Waals surface area contributed by atoms with Crippen LogP contribution in [0.4, 0.5) is 5.82 Å². The van der Waals surface area contributed by atoms with Crippen molar-refractivity contribution in [1.29, 1.82) is 0 Å². The smallest absolute Gasteiger partial charge is 0.151 e. The van der Waals surface area contributed by atoms with Gasteiger partial charge >= 0.3 is 0 Å². The number of anilines is 1. The first-order valence-electron chi connectivity index (χ1n) is 4.80. The molecule has 0 amide bonds. The summed E-state index contributed by atoms with van der Waals surface area (Å²) in [6, 6.07) is 4.34. The lowest BCUT2D eigenvalue weighted by Gasteiger charge is -2.24. The molecule has 1 heterocycles. The molecule has 0 radical (unpaired) electrons. The standard InChI is InChI=1S/C10H16ClN3/c1-4-8(2)14(3)10-6-5-9(7-11)12-13-10/h5-6,8H,4,7H2,1-3H3. The van der Waals surface area contributed by atoms with Crippen LogP contribution in [-0.4, -0.2) is 23.3 Å². The topological polar surface area (TPSA) is 29.0 Å². The molecule has 0 N–H and O–H groups in total. The quantitative estimate of drug-likeness (QED) is 0.720. The molecule has 4 heteroatoms. The van der Waals surface area contributed by atoms with E-state index in [1.54, 1.807) is 0 Å². The van der Waals surface area contributed by atoms with Gasteiger partial charge in [0.2, 0.25) is 0 Å². The minimum atomic E-state index is 0.417. The third-order valence-electron chi connectivity index (χ3n) is 2.46. The first kappa shape index (κ1) is 11.2. The molecule has 0 fully saturated rings. The Bertz CT molecular complexity index is 273. The average molecular weight is 214 g/mol. The maximum atomic E-state index is 5.63. The lowest BCUT2D eigenvalue weighted by Crippen LogP contribution is -2.28. The Morgan fingerprint density at radius 3 is 2.57 bits per heavy atom. The summed E-state index contributed by atoms with van der Waals surface area (Å²) in [7, 11) is 2.03. The van der Waals surface area contributed by atoms with Crippen LogP contribution in [0.3, 0.4) is 0 Å². The molecule has 0 aliphatic heterocycles. The molecule has 0 saturated heterocycles. The molecule has 78 valence electrons. The number of nitrogens with zero attached hydrogens (tertiary/aromatic N) is 3. The number of hydrogen-bond donors (Lipinski definition) is 0. The molecule has 0 spiro atoms. The second-order valence-electron chi connectivity index (χ2n) is 3.38. The van der Waals surface area contributed by atoms with Crippen molar-refractivity contribution in [1.82, 2.24) is 10.2 Å². The summed E-state index contributed by atoms with van der Waals surface area (Å²) in [4.78, 5) is 2.12. The van der Waals surface area contributed by atoms with Crippen LogP contribution in [0.25, 0.3) is 0 Å². The van der Waals surface area contributed by atoms with Crippen LogP contribution < -0.4 is 4.90 Å². The van der Waals surface area contributed by atoms with Gasteiger partial charge in [0, 0.05) is 13.1 Å². The molecule has 1 rings (SSSR count). The van der Waals surface area contributed by atoms with E-state index in [4.69, 9.17) is 11.6 Å². The summed E-state index contributed by atoms with van der Waals surface area (Å²) < 4.78 is 0. The van der Waals surface area contributed by atoms with Crippen LogP contribution in [0, 0.1) is 0 Å². The largest absolute Gasteiger partial charge is 0.356 e. The van der Waals surface area contributed by atoms with Gasteiger partial charge in [-0.05, 0) is 25.5 Å². The molecule has 14 heavy (non-hydrogen) atoms.